The van der Waals surface area contributed by atoms with Crippen molar-refractivity contribution in [1.29, 1.82) is 0 Å². The van der Waals surface area contributed by atoms with Gasteiger partial charge in [-0.1, -0.05) is 12.1 Å². The summed E-state index contributed by atoms with van der Waals surface area (Å²) in [5, 5.41) is 5.04. The molecule has 7 nitrogen and oxygen atoms in total. The Bertz CT molecular complexity index is 1220. The number of amides is 4. The van der Waals surface area contributed by atoms with E-state index in [2.05, 4.69) is 10.6 Å². The van der Waals surface area contributed by atoms with Gasteiger partial charge in [-0.05, 0) is 53.8 Å². The van der Waals surface area contributed by atoms with Crippen molar-refractivity contribution < 1.29 is 32.3 Å². The van der Waals surface area contributed by atoms with E-state index in [1.54, 1.807) is 6.07 Å². The summed E-state index contributed by atoms with van der Waals surface area (Å²) < 4.78 is 40.5. The first kappa shape index (κ1) is 23.1. The van der Waals surface area contributed by atoms with Gasteiger partial charge >= 0.3 is 0 Å². The molecule has 0 bridgehead atoms. The van der Waals surface area contributed by atoms with E-state index in [0.717, 1.165) is 0 Å². The van der Waals surface area contributed by atoms with E-state index in [1.807, 2.05) is 0 Å². The van der Waals surface area contributed by atoms with Crippen LogP contribution in [0.1, 0.15) is 63.6 Å². The zero-order chi connectivity index (χ0) is 24.9. The first-order valence-corrected chi connectivity index (χ1v) is 11.3. The monoisotopic (exact) mass is 485 g/mol. The normalized spacial score (nSPS) is 22.3. The van der Waals surface area contributed by atoms with Crippen LogP contribution in [0, 0.1) is 11.7 Å². The zero-order valence-corrected chi connectivity index (χ0v) is 18.5. The average molecular weight is 485 g/mol. The van der Waals surface area contributed by atoms with Crippen LogP contribution in [0.5, 0.6) is 0 Å². The summed E-state index contributed by atoms with van der Waals surface area (Å²) in [7, 11) is 0. The largest absolute Gasteiger partial charge is 0.345 e. The summed E-state index contributed by atoms with van der Waals surface area (Å²) in [6.07, 6.45) is -0.401. The van der Waals surface area contributed by atoms with Crippen LogP contribution >= 0.6 is 0 Å². The number of nitrogens with zero attached hydrogens (tertiary/aromatic N) is 1. The van der Waals surface area contributed by atoms with Gasteiger partial charge in [0.05, 0.1) is 6.04 Å². The fourth-order valence-corrected chi connectivity index (χ4v) is 5.03. The number of hydrogen-bond acceptors (Lipinski definition) is 4. The van der Waals surface area contributed by atoms with Crippen molar-refractivity contribution in [3.05, 3.63) is 70.5 Å². The molecule has 10 heteroatoms. The van der Waals surface area contributed by atoms with Gasteiger partial charge in [-0.25, -0.2) is 13.2 Å². The maximum absolute atomic E-state index is 13.6. The molecule has 2 aromatic rings. The Morgan fingerprint density at radius 2 is 1.80 bits per heavy atom. The number of benzene rings is 2. The van der Waals surface area contributed by atoms with Crippen LogP contribution in [0.2, 0.25) is 0 Å². The Kier molecular flexibility index (Phi) is 5.61. The number of carbonyl (C=O) groups is 4. The Morgan fingerprint density at radius 3 is 2.46 bits per heavy atom. The van der Waals surface area contributed by atoms with Crippen molar-refractivity contribution >= 4 is 23.6 Å². The predicted molar refractivity (Wildman–Crippen MR) is 117 cm³/mol. The molecular weight excluding hydrogens is 463 g/mol. The summed E-state index contributed by atoms with van der Waals surface area (Å²) in [6.45, 7) is 0.109. The highest BCUT2D eigenvalue weighted by Crippen LogP contribution is 2.48. The molecule has 1 saturated heterocycles. The molecule has 35 heavy (non-hydrogen) atoms. The summed E-state index contributed by atoms with van der Waals surface area (Å²) in [6, 6.07) is 8.40. The number of fused-ring (bicyclic) bond motifs is 1. The molecule has 2 aliphatic heterocycles. The molecule has 1 saturated carbocycles. The van der Waals surface area contributed by atoms with Crippen molar-refractivity contribution in [3.63, 3.8) is 0 Å². The van der Waals surface area contributed by atoms with Gasteiger partial charge in [0, 0.05) is 36.9 Å². The predicted octanol–water partition coefficient (Wildman–Crippen LogP) is 3.10. The Morgan fingerprint density at radius 1 is 1.09 bits per heavy atom. The van der Waals surface area contributed by atoms with E-state index in [9.17, 15) is 32.3 Å². The molecule has 182 valence electrons. The third kappa shape index (κ3) is 4.40. The van der Waals surface area contributed by atoms with Gasteiger partial charge in [0.1, 0.15) is 11.9 Å². The van der Waals surface area contributed by atoms with Crippen LogP contribution in [-0.2, 0) is 16.1 Å². The number of piperidine rings is 1. The van der Waals surface area contributed by atoms with Crippen molar-refractivity contribution in [1.82, 2.24) is 15.5 Å². The van der Waals surface area contributed by atoms with Crippen molar-refractivity contribution in [3.8, 4) is 0 Å². The molecule has 2 atom stereocenters. The number of alkyl halides is 2. The van der Waals surface area contributed by atoms with Crippen LogP contribution in [0.15, 0.2) is 42.5 Å². The zero-order valence-electron chi connectivity index (χ0n) is 18.5. The lowest BCUT2D eigenvalue weighted by Crippen LogP contribution is -2.52. The van der Waals surface area contributed by atoms with E-state index >= 15 is 0 Å². The van der Waals surface area contributed by atoms with Crippen LogP contribution in [0.25, 0.3) is 0 Å². The first-order valence-electron chi connectivity index (χ1n) is 11.3. The molecule has 1 aliphatic carbocycles. The van der Waals surface area contributed by atoms with Gasteiger partial charge in [0.15, 0.2) is 0 Å². The fraction of sp³-hybridized carbons (Fsp3) is 0.360. The van der Waals surface area contributed by atoms with E-state index in [0.29, 0.717) is 16.7 Å². The third-order valence-corrected chi connectivity index (χ3v) is 6.89. The van der Waals surface area contributed by atoms with Gasteiger partial charge < -0.3 is 10.2 Å². The molecular formula is C25H22F3N3O4. The molecule has 2 unspecified atom stereocenters. The van der Waals surface area contributed by atoms with Crippen LogP contribution < -0.4 is 10.6 Å². The second-order valence-electron chi connectivity index (χ2n) is 9.30. The maximum atomic E-state index is 13.6. The first-order chi connectivity index (χ1) is 16.6. The molecule has 0 radical (unpaired) electrons. The quantitative estimate of drug-likeness (QED) is 0.637. The summed E-state index contributed by atoms with van der Waals surface area (Å²) in [4.78, 5) is 51.0. The second kappa shape index (κ2) is 8.51. The molecule has 2 heterocycles. The van der Waals surface area contributed by atoms with Gasteiger partial charge in [-0.2, -0.15) is 0 Å². The lowest BCUT2D eigenvalue weighted by molar-refractivity contribution is -0.136. The lowest BCUT2D eigenvalue weighted by Gasteiger charge is -2.40. The number of imide groups is 1. The van der Waals surface area contributed by atoms with E-state index in [4.69, 9.17) is 0 Å². The number of halogens is 3. The molecule has 4 amide bonds. The number of carbonyl (C=O) groups excluding carboxylic acids is 4. The van der Waals surface area contributed by atoms with Crippen molar-refractivity contribution in [2.24, 2.45) is 5.92 Å². The Hall–Kier alpha value is -3.69. The molecule has 0 aromatic heterocycles. The number of hydrogen-bond donors (Lipinski definition) is 2. The minimum absolute atomic E-state index is 0.109. The van der Waals surface area contributed by atoms with Crippen LogP contribution in [0.4, 0.5) is 13.2 Å². The lowest BCUT2D eigenvalue weighted by atomic mass is 9.74. The standard InChI is InChI=1S/C25H22F3N3O4/c26-17-4-1-13(2-5-17)21(16-10-25(27,28)11-16)30-22(33)14-3-6-18-15(9-14)12-31(24(18)35)19-7-8-20(32)29-23(19)34/h1-6,9,16,19,21H,7-8,10-12H2,(H,30,33)(H,29,32,34). The summed E-state index contributed by atoms with van der Waals surface area (Å²) in [5.41, 5.74) is 1.68. The fourth-order valence-electron chi connectivity index (χ4n) is 5.03. The molecule has 2 aromatic carbocycles. The highest BCUT2D eigenvalue weighted by atomic mass is 19.3. The van der Waals surface area contributed by atoms with E-state index < -0.39 is 41.6 Å². The summed E-state index contributed by atoms with van der Waals surface area (Å²) >= 11 is 0. The third-order valence-electron chi connectivity index (χ3n) is 6.89. The van der Waals surface area contributed by atoms with Gasteiger partial charge in [-0.15, -0.1) is 0 Å². The van der Waals surface area contributed by atoms with E-state index in [1.165, 1.54) is 41.3 Å². The van der Waals surface area contributed by atoms with Gasteiger partial charge in [-0.3, -0.25) is 24.5 Å². The minimum Gasteiger partial charge on any atom is -0.345 e. The molecule has 3 aliphatic rings. The maximum Gasteiger partial charge on any atom is 0.255 e. The van der Waals surface area contributed by atoms with Gasteiger partial charge in [0.25, 0.3) is 11.8 Å². The second-order valence-corrected chi connectivity index (χ2v) is 9.30. The smallest absolute Gasteiger partial charge is 0.255 e. The molecule has 2 fully saturated rings. The Labute approximate surface area is 198 Å². The van der Waals surface area contributed by atoms with Crippen molar-refractivity contribution in [2.75, 3.05) is 0 Å². The number of rotatable bonds is 5. The minimum atomic E-state index is -2.79. The van der Waals surface area contributed by atoms with Crippen LogP contribution in [0.3, 0.4) is 0 Å². The average Bonchev–Trinajstić information content (AvgIpc) is 3.12. The topological polar surface area (TPSA) is 95.6 Å². The molecule has 0 spiro atoms. The van der Waals surface area contributed by atoms with Crippen molar-refractivity contribution in [2.45, 2.75) is 50.2 Å². The Balaban J connectivity index is 1.34. The number of nitrogens with one attached hydrogen (secondary N) is 2. The van der Waals surface area contributed by atoms with E-state index in [-0.39, 0.29) is 49.6 Å². The van der Waals surface area contributed by atoms with Gasteiger partial charge in [0.2, 0.25) is 17.7 Å². The molecule has 5 rings (SSSR count). The summed E-state index contributed by atoms with van der Waals surface area (Å²) in [5.74, 6) is -5.54. The van der Waals surface area contributed by atoms with Crippen LogP contribution in [-0.4, -0.2) is 40.5 Å². The SMILES string of the molecule is O=C1CCC(N2Cc3cc(C(=O)NC(c4ccc(F)cc4)C4CC(F)(F)C4)ccc3C2=O)C(=O)N1. The highest BCUT2D eigenvalue weighted by molar-refractivity contribution is 6.06. The molecule has 2 N–H and O–H groups in total. The highest BCUT2D eigenvalue weighted by Gasteiger charge is 2.49.